The number of nitrogens with one attached hydrogen (secondary N) is 1. The van der Waals surface area contributed by atoms with E-state index in [4.69, 9.17) is 5.26 Å². The van der Waals surface area contributed by atoms with Crippen LogP contribution < -0.4 is 5.43 Å². The minimum absolute atomic E-state index is 0.192. The molecular formula is C11H21N3. The van der Waals surface area contributed by atoms with Crippen molar-refractivity contribution in [3.05, 3.63) is 0 Å². The molecule has 0 atom stereocenters. The fourth-order valence-electron chi connectivity index (χ4n) is 1.63. The highest BCUT2D eigenvalue weighted by atomic mass is 15.5. The number of hydrogen-bond donors (Lipinski definition) is 1. The van der Waals surface area contributed by atoms with Crippen molar-refractivity contribution in [2.24, 2.45) is 5.41 Å². The molecule has 0 bridgehead atoms. The van der Waals surface area contributed by atoms with E-state index in [2.05, 4.69) is 16.5 Å². The summed E-state index contributed by atoms with van der Waals surface area (Å²) in [5.74, 6) is 0. The van der Waals surface area contributed by atoms with Crippen LogP contribution in [0.25, 0.3) is 0 Å². The largest absolute Gasteiger partial charge is 0.255 e. The number of hydrogen-bond acceptors (Lipinski definition) is 3. The molecule has 1 heterocycles. The zero-order valence-corrected chi connectivity index (χ0v) is 9.34. The van der Waals surface area contributed by atoms with E-state index in [0.29, 0.717) is 0 Å². The minimum atomic E-state index is -0.192. The van der Waals surface area contributed by atoms with E-state index in [-0.39, 0.29) is 5.41 Å². The Hall–Kier alpha value is -0.590. The van der Waals surface area contributed by atoms with Crippen molar-refractivity contribution in [1.29, 1.82) is 5.26 Å². The van der Waals surface area contributed by atoms with Crippen LogP contribution in [0.3, 0.4) is 0 Å². The molecule has 14 heavy (non-hydrogen) atoms. The highest BCUT2D eigenvalue weighted by Gasteiger charge is 2.16. The first kappa shape index (κ1) is 11.5. The molecular weight excluding hydrogens is 174 g/mol. The van der Waals surface area contributed by atoms with Gasteiger partial charge in [0.05, 0.1) is 11.5 Å². The van der Waals surface area contributed by atoms with Crippen LogP contribution in [0.2, 0.25) is 0 Å². The second-order valence-corrected chi connectivity index (χ2v) is 4.70. The maximum absolute atomic E-state index is 8.84. The number of rotatable bonds is 4. The Kier molecular flexibility index (Phi) is 4.37. The van der Waals surface area contributed by atoms with E-state index in [1.165, 1.54) is 19.3 Å². The van der Waals surface area contributed by atoms with Crippen molar-refractivity contribution in [1.82, 2.24) is 10.4 Å². The zero-order chi connectivity index (χ0) is 10.4. The molecule has 80 valence electrons. The van der Waals surface area contributed by atoms with E-state index in [1.54, 1.807) is 0 Å². The van der Waals surface area contributed by atoms with Crippen molar-refractivity contribution >= 4 is 0 Å². The van der Waals surface area contributed by atoms with Gasteiger partial charge in [-0.3, -0.25) is 5.43 Å². The molecule has 3 nitrogen and oxygen atoms in total. The zero-order valence-electron chi connectivity index (χ0n) is 9.34. The molecule has 0 saturated carbocycles. The van der Waals surface area contributed by atoms with Crippen LogP contribution in [0.15, 0.2) is 0 Å². The van der Waals surface area contributed by atoms with Gasteiger partial charge in [0.15, 0.2) is 0 Å². The molecule has 1 fully saturated rings. The fourth-order valence-corrected chi connectivity index (χ4v) is 1.63. The third kappa shape index (κ3) is 4.08. The van der Waals surface area contributed by atoms with Crippen LogP contribution in [-0.2, 0) is 0 Å². The fraction of sp³-hybridized carbons (Fsp3) is 0.909. The summed E-state index contributed by atoms with van der Waals surface area (Å²) in [5.41, 5.74) is 3.20. The lowest BCUT2D eigenvalue weighted by Crippen LogP contribution is -2.42. The van der Waals surface area contributed by atoms with E-state index in [0.717, 1.165) is 26.1 Å². The quantitative estimate of drug-likeness (QED) is 0.745. The smallest absolute Gasteiger partial charge is 0.0684 e. The maximum Gasteiger partial charge on any atom is 0.0684 e. The predicted octanol–water partition coefficient (Wildman–Crippen LogP) is 1.92. The molecule has 0 amide bonds. The van der Waals surface area contributed by atoms with Crippen LogP contribution in [0.1, 0.15) is 39.5 Å². The first-order valence-corrected chi connectivity index (χ1v) is 5.54. The van der Waals surface area contributed by atoms with Crippen molar-refractivity contribution in [3.63, 3.8) is 0 Å². The summed E-state index contributed by atoms with van der Waals surface area (Å²) in [6.45, 7) is 7.22. The summed E-state index contributed by atoms with van der Waals surface area (Å²) in [4.78, 5) is 0. The predicted molar refractivity (Wildman–Crippen MR) is 57.4 cm³/mol. The number of nitrogens with zero attached hydrogens (tertiary/aromatic N) is 2. The van der Waals surface area contributed by atoms with E-state index >= 15 is 0 Å². The lowest BCUT2D eigenvalue weighted by atomic mass is 9.92. The van der Waals surface area contributed by atoms with Gasteiger partial charge < -0.3 is 0 Å². The first-order valence-electron chi connectivity index (χ1n) is 5.54. The van der Waals surface area contributed by atoms with Gasteiger partial charge in [-0.25, -0.2) is 5.01 Å². The number of hydrazine groups is 1. The summed E-state index contributed by atoms with van der Waals surface area (Å²) in [7, 11) is 0. The van der Waals surface area contributed by atoms with Crippen molar-refractivity contribution in [2.45, 2.75) is 39.5 Å². The average Bonchev–Trinajstić information content (AvgIpc) is 2.19. The molecule has 0 radical (unpaired) electrons. The lowest BCUT2D eigenvalue weighted by molar-refractivity contribution is 0.148. The van der Waals surface area contributed by atoms with Gasteiger partial charge in [-0.05, 0) is 33.1 Å². The van der Waals surface area contributed by atoms with Crippen LogP contribution >= 0.6 is 0 Å². The molecule has 0 unspecified atom stereocenters. The standard InChI is InChI=1S/C11H21N3/c1-11(2,10-12)6-7-13-14-8-4-3-5-9-14/h13H,3-9H2,1-2H3. The molecule has 0 aromatic carbocycles. The maximum atomic E-state index is 8.84. The summed E-state index contributed by atoms with van der Waals surface area (Å²) in [5, 5.41) is 11.1. The molecule has 0 spiro atoms. The molecule has 0 aliphatic carbocycles. The van der Waals surface area contributed by atoms with Gasteiger partial charge in [-0.1, -0.05) is 6.42 Å². The van der Waals surface area contributed by atoms with Crippen molar-refractivity contribution < 1.29 is 0 Å². The third-order valence-electron chi connectivity index (χ3n) is 2.74. The normalized spacial score (nSPS) is 19.2. The van der Waals surface area contributed by atoms with Gasteiger partial charge in [0.25, 0.3) is 0 Å². The van der Waals surface area contributed by atoms with E-state index in [9.17, 15) is 0 Å². The van der Waals surface area contributed by atoms with Crippen LogP contribution in [0, 0.1) is 16.7 Å². The summed E-state index contributed by atoms with van der Waals surface area (Å²) in [6, 6.07) is 2.32. The summed E-state index contributed by atoms with van der Waals surface area (Å²) in [6.07, 6.45) is 4.88. The van der Waals surface area contributed by atoms with Gasteiger partial charge in [-0.15, -0.1) is 0 Å². The second kappa shape index (κ2) is 5.33. The van der Waals surface area contributed by atoms with Crippen molar-refractivity contribution in [3.8, 4) is 6.07 Å². The number of piperidine rings is 1. The SMILES string of the molecule is CC(C)(C#N)CCNN1CCCCC1. The van der Waals surface area contributed by atoms with Crippen LogP contribution in [0.5, 0.6) is 0 Å². The number of nitriles is 1. The van der Waals surface area contributed by atoms with Gasteiger partial charge >= 0.3 is 0 Å². The lowest BCUT2D eigenvalue weighted by Gasteiger charge is -2.28. The highest BCUT2D eigenvalue weighted by Crippen LogP contribution is 2.17. The van der Waals surface area contributed by atoms with Gasteiger partial charge in [0, 0.05) is 19.6 Å². The minimum Gasteiger partial charge on any atom is -0.255 e. The monoisotopic (exact) mass is 195 g/mol. The molecule has 0 aromatic heterocycles. The van der Waals surface area contributed by atoms with Gasteiger partial charge in [0.1, 0.15) is 0 Å². The Balaban J connectivity index is 2.12. The van der Waals surface area contributed by atoms with E-state index in [1.807, 2.05) is 13.8 Å². The Morgan fingerprint density at radius 1 is 1.29 bits per heavy atom. The Labute approximate surface area is 87.1 Å². The topological polar surface area (TPSA) is 39.1 Å². The second-order valence-electron chi connectivity index (χ2n) is 4.70. The molecule has 3 heteroatoms. The first-order chi connectivity index (χ1) is 6.64. The molecule has 1 aliphatic heterocycles. The van der Waals surface area contributed by atoms with Gasteiger partial charge in [0.2, 0.25) is 0 Å². The highest BCUT2D eigenvalue weighted by molar-refractivity contribution is 4.91. The van der Waals surface area contributed by atoms with E-state index < -0.39 is 0 Å². The molecule has 1 N–H and O–H groups in total. The molecule has 1 rings (SSSR count). The summed E-state index contributed by atoms with van der Waals surface area (Å²) >= 11 is 0. The third-order valence-corrected chi connectivity index (χ3v) is 2.74. The molecule has 1 saturated heterocycles. The average molecular weight is 195 g/mol. The Morgan fingerprint density at radius 3 is 2.50 bits per heavy atom. The van der Waals surface area contributed by atoms with Crippen LogP contribution in [-0.4, -0.2) is 24.6 Å². The van der Waals surface area contributed by atoms with Crippen LogP contribution in [0.4, 0.5) is 0 Å². The molecule has 1 aliphatic rings. The Bertz CT molecular complexity index is 199. The molecule has 0 aromatic rings. The van der Waals surface area contributed by atoms with Gasteiger partial charge in [-0.2, -0.15) is 5.26 Å². The van der Waals surface area contributed by atoms with Crippen molar-refractivity contribution in [2.75, 3.05) is 19.6 Å². The summed E-state index contributed by atoms with van der Waals surface area (Å²) < 4.78 is 0. The Morgan fingerprint density at radius 2 is 1.93 bits per heavy atom.